The Morgan fingerprint density at radius 1 is 1.50 bits per heavy atom. The van der Waals surface area contributed by atoms with E-state index in [-0.39, 0.29) is 5.82 Å². The van der Waals surface area contributed by atoms with Crippen LogP contribution in [0.15, 0.2) is 18.2 Å². The summed E-state index contributed by atoms with van der Waals surface area (Å²) in [6.07, 6.45) is 1.88. The fraction of sp³-hybridized carbons (Fsp3) is 0.400. The molecule has 1 aliphatic rings. The Balaban J connectivity index is 2.42. The Morgan fingerprint density at radius 2 is 2.33 bits per heavy atom. The second kappa shape index (κ2) is 2.77. The first kappa shape index (κ1) is 7.59. The topological polar surface area (TPSA) is 12.0 Å². The fourth-order valence-corrected chi connectivity index (χ4v) is 1.65. The van der Waals surface area contributed by atoms with Crippen molar-refractivity contribution in [3.05, 3.63) is 29.6 Å². The Kier molecular flexibility index (Phi) is 1.75. The van der Waals surface area contributed by atoms with Crippen LogP contribution in [0.1, 0.15) is 18.9 Å². The number of halogens is 1. The monoisotopic (exact) mass is 165 g/mol. The largest absolute Gasteiger partial charge is 0.382 e. The van der Waals surface area contributed by atoms with Crippen molar-refractivity contribution in [2.75, 3.05) is 5.32 Å². The Bertz CT molecular complexity index is 296. The molecule has 1 heterocycles. The third-order valence-electron chi connectivity index (χ3n) is 2.35. The first-order chi connectivity index (χ1) is 5.77. The van der Waals surface area contributed by atoms with Gasteiger partial charge in [-0.15, -0.1) is 0 Å². The predicted octanol–water partition coefficient (Wildman–Crippen LogP) is 2.57. The maximum atomic E-state index is 13.2. The molecular formula is C10H12FN. The van der Waals surface area contributed by atoms with Crippen LogP contribution in [0, 0.1) is 5.82 Å². The lowest BCUT2D eigenvalue weighted by atomic mass is 9.99. The zero-order valence-corrected chi connectivity index (χ0v) is 7.10. The molecule has 12 heavy (non-hydrogen) atoms. The highest BCUT2D eigenvalue weighted by Gasteiger charge is 2.16. The van der Waals surface area contributed by atoms with Crippen molar-refractivity contribution in [1.82, 2.24) is 0 Å². The van der Waals surface area contributed by atoms with Gasteiger partial charge in [-0.2, -0.15) is 0 Å². The molecule has 1 aromatic rings. The van der Waals surface area contributed by atoms with Gasteiger partial charge >= 0.3 is 0 Å². The maximum Gasteiger partial charge on any atom is 0.128 e. The molecule has 1 aromatic carbocycles. The van der Waals surface area contributed by atoms with Gasteiger partial charge in [-0.3, -0.25) is 0 Å². The summed E-state index contributed by atoms with van der Waals surface area (Å²) in [7, 11) is 0. The number of hydrogen-bond acceptors (Lipinski definition) is 1. The Hall–Kier alpha value is -1.05. The first-order valence-electron chi connectivity index (χ1n) is 4.31. The molecule has 2 rings (SSSR count). The van der Waals surface area contributed by atoms with E-state index in [1.807, 2.05) is 6.07 Å². The second-order valence-electron chi connectivity index (χ2n) is 3.35. The van der Waals surface area contributed by atoms with Crippen LogP contribution in [0.2, 0.25) is 0 Å². The SMILES string of the molecule is CC1CCc2c(F)cccc2N1. The van der Waals surface area contributed by atoms with E-state index >= 15 is 0 Å². The second-order valence-corrected chi connectivity index (χ2v) is 3.35. The van der Waals surface area contributed by atoms with Gasteiger partial charge in [0.25, 0.3) is 0 Å². The van der Waals surface area contributed by atoms with Crippen molar-refractivity contribution in [3.63, 3.8) is 0 Å². The lowest BCUT2D eigenvalue weighted by Crippen LogP contribution is -2.22. The molecule has 0 saturated carbocycles. The van der Waals surface area contributed by atoms with Crippen LogP contribution < -0.4 is 5.32 Å². The van der Waals surface area contributed by atoms with Crippen molar-refractivity contribution in [3.8, 4) is 0 Å². The van der Waals surface area contributed by atoms with Gasteiger partial charge in [0.05, 0.1) is 0 Å². The molecular weight excluding hydrogens is 153 g/mol. The molecule has 64 valence electrons. The van der Waals surface area contributed by atoms with E-state index in [1.54, 1.807) is 6.07 Å². The Labute approximate surface area is 71.6 Å². The third kappa shape index (κ3) is 1.17. The van der Waals surface area contributed by atoms with Gasteiger partial charge in [0.2, 0.25) is 0 Å². The Morgan fingerprint density at radius 3 is 3.17 bits per heavy atom. The summed E-state index contributed by atoms with van der Waals surface area (Å²) in [4.78, 5) is 0. The summed E-state index contributed by atoms with van der Waals surface area (Å²) >= 11 is 0. The van der Waals surface area contributed by atoms with Gasteiger partial charge in [-0.25, -0.2) is 4.39 Å². The van der Waals surface area contributed by atoms with E-state index < -0.39 is 0 Å². The summed E-state index contributed by atoms with van der Waals surface area (Å²) in [6.45, 7) is 2.12. The van der Waals surface area contributed by atoms with E-state index in [0.717, 1.165) is 24.1 Å². The molecule has 0 bridgehead atoms. The molecule has 1 aliphatic heterocycles. The van der Waals surface area contributed by atoms with E-state index in [4.69, 9.17) is 0 Å². The van der Waals surface area contributed by atoms with Gasteiger partial charge in [-0.1, -0.05) is 6.07 Å². The third-order valence-corrected chi connectivity index (χ3v) is 2.35. The highest BCUT2D eigenvalue weighted by molar-refractivity contribution is 5.54. The fourth-order valence-electron chi connectivity index (χ4n) is 1.65. The summed E-state index contributed by atoms with van der Waals surface area (Å²) in [6, 6.07) is 5.68. The van der Waals surface area contributed by atoms with Crippen LogP contribution in [0.3, 0.4) is 0 Å². The molecule has 2 heteroatoms. The van der Waals surface area contributed by atoms with Crippen LogP contribution in [-0.2, 0) is 6.42 Å². The van der Waals surface area contributed by atoms with E-state index in [0.29, 0.717) is 6.04 Å². The lowest BCUT2D eigenvalue weighted by Gasteiger charge is -2.24. The first-order valence-corrected chi connectivity index (χ1v) is 4.31. The molecule has 1 atom stereocenters. The molecule has 0 radical (unpaired) electrons. The van der Waals surface area contributed by atoms with Crippen molar-refractivity contribution >= 4 is 5.69 Å². The normalized spacial score (nSPS) is 21.3. The number of hydrogen-bond donors (Lipinski definition) is 1. The number of anilines is 1. The zero-order valence-electron chi connectivity index (χ0n) is 7.10. The number of nitrogens with one attached hydrogen (secondary N) is 1. The molecule has 1 unspecified atom stereocenters. The minimum Gasteiger partial charge on any atom is -0.382 e. The van der Waals surface area contributed by atoms with Gasteiger partial charge in [0, 0.05) is 17.3 Å². The minimum atomic E-state index is -0.0769. The average Bonchev–Trinajstić information content (AvgIpc) is 2.04. The number of rotatable bonds is 0. The molecule has 1 N–H and O–H groups in total. The van der Waals surface area contributed by atoms with Gasteiger partial charge in [0.1, 0.15) is 5.82 Å². The van der Waals surface area contributed by atoms with Crippen LogP contribution in [0.5, 0.6) is 0 Å². The standard InChI is InChI=1S/C10H12FN/c1-7-5-6-8-9(11)3-2-4-10(8)12-7/h2-4,7,12H,5-6H2,1H3. The van der Waals surface area contributed by atoms with Crippen molar-refractivity contribution in [1.29, 1.82) is 0 Å². The van der Waals surface area contributed by atoms with Crippen molar-refractivity contribution in [2.24, 2.45) is 0 Å². The van der Waals surface area contributed by atoms with Gasteiger partial charge in [0.15, 0.2) is 0 Å². The van der Waals surface area contributed by atoms with Crippen molar-refractivity contribution < 1.29 is 4.39 Å². The molecule has 0 spiro atoms. The summed E-state index contributed by atoms with van der Waals surface area (Å²) < 4.78 is 13.2. The van der Waals surface area contributed by atoms with Gasteiger partial charge in [-0.05, 0) is 31.9 Å². The molecule has 0 fully saturated rings. The number of fused-ring (bicyclic) bond motifs is 1. The van der Waals surface area contributed by atoms with Crippen LogP contribution >= 0.6 is 0 Å². The summed E-state index contributed by atoms with van der Waals surface area (Å²) in [5.74, 6) is -0.0769. The van der Waals surface area contributed by atoms with E-state index in [9.17, 15) is 4.39 Å². The predicted molar refractivity (Wildman–Crippen MR) is 47.8 cm³/mol. The zero-order chi connectivity index (χ0) is 8.55. The maximum absolute atomic E-state index is 13.2. The number of benzene rings is 1. The molecule has 0 aromatic heterocycles. The highest BCUT2D eigenvalue weighted by Crippen LogP contribution is 2.26. The van der Waals surface area contributed by atoms with E-state index in [2.05, 4.69) is 12.2 Å². The quantitative estimate of drug-likeness (QED) is 0.623. The van der Waals surface area contributed by atoms with Crippen molar-refractivity contribution in [2.45, 2.75) is 25.8 Å². The van der Waals surface area contributed by atoms with Crippen LogP contribution in [0.25, 0.3) is 0 Å². The molecule has 0 aliphatic carbocycles. The molecule has 0 amide bonds. The van der Waals surface area contributed by atoms with Crippen LogP contribution in [0.4, 0.5) is 10.1 Å². The molecule has 0 saturated heterocycles. The lowest BCUT2D eigenvalue weighted by molar-refractivity contribution is 0.586. The molecule has 1 nitrogen and oxygen atoms in total. The van der Waals surface area contributed by atoms with Crippen LogP contribution in [-0.4, -0.2) is 6.04 Å². The average molecular weight is 165 g/mol. The smallest absolute Gasteiger partial charge is 0.128 e. The minimum absolute atomic E-state index is 0.0769. The summed E-state index contributed by atoms with van der Waals surface area (Å²) in [5, 5.41) is 3.26. The van der Waals surface area contributed by atoms with Gasteiger partial charge < -0.3 is 5.32 Å². The highest BCUT2D eigenvalue weighted by atomic mass is 19.1. The van der Waals surface area contributed by atoms with E-state index in [1.165, 1.54) is 6.07 Å². The summed E-state index contributed by atoms with van der Waals surface area (Å²) in [5.41, 5.74) is 1.81.